The van der Waals surface area contributed by atoms with Gasteiger partial charge >= 0.3 is 0 Å². The molecule has 0 atom stereocenters. The Hall–Kier alpha value is -3.50. The summed E-state index contributed by atoms with van der Waals surface area (Å²) in [4.78, 5) is 20.3. The molecule has 3 aromatic rings. The first-order chi connectivity index (χ1) is 12.5. The lowest BCUT2D eigenvalue weighted by molar-refractivity contribution is 0.102. The van der Waals surface area contributed by atoms with E-state index in [-0.39, 0.29) is 10.7 Å². The van der Waals surface area contributed by atoms with Crippen molar-refractivity contribution in [3.63, 3.8) is 0 Å². The Morgan fingerprint density at radius 2 is 1.81 bits per heavy atom. The van der Waals surface area contributed by atoms with Crippen LogP contribution < -0.4 is 10.6 Å². The SMILES string of the molecule is N#Cc1ccc(Nc2cc(C(=O)Nc3ccc(F)c(Cl)c3)ncn2)cc1. The maximum absolute atomic E-state index is 13.2. The van der Waals surface area contributed by atoms with Crippen LogP contribution in [-0.4, -0.2) is 15.9 Å². The molecule has 0 fully saturated rings. The molecule has 0 aliphatic carbocycles. The Balaban J connectivity index is 1.74. The zero-order chi connectivity index (χ0) is 18.5. The summed E-state index contributed by atoms with van der Waals surface area (Å²) < 4.78 is 13.2. The molecule has 0 saturated heterocycles. The second-order valence-corrected chi connectivity index (χ2v) is 5.59. The third kappa shape index (κ3) is 4.12. The van der Waals surface area contributed by atoms with Crippen molar-refractivity contribution in [2.24, 2.45) is 0 Å². The Morgan fingerprint density at radius 3 is 2.50 bits per heavy atom. The first kappa shape index (κ1) is 17.3. The maximum Gasteiger partial charge on any atom is 0.274 e. The van der Waals surface area contributed by atoms with Gasteiger partial charge in [0.05, 0.1) is 16.7 Å². The predicted octanol–water partition coefficient (Wildman–Crippen LogP) is 4.14. The predicted molar refractivity (Wildman–Crippen MR) is 95.8 cm³/mol. The summed E-state index contributed by atoms with van der Waals surface area (Å²) in [6, 6.07) is 14.1. The van der Waals surface area contributed by atoms with Crippen LogP contribution in [0.3, 0.4) is 0 Å². The summed E-state index contributed by atoms with van der Waals surface area (Å²) in [6.07, 6.45) is 1.25. The zero-order valence-corrected chi connectivity index (χ0v) is 14.0. The first-order valence-electron chi connectivity index (χ1n) is 7.41. The van der Waals surface area contributed by atoms with Crippen LogP contribution in [0.5, 0.6) is 0 Å². The van der Waals surface area contributed by atoms with E-state index in [4.69, 9.17) is 16.9 Å². The van der Waals surface area contributed by atoms with Gasteiger partial charge in [0.2, 0.25) is 0 Å². The minimum Gasteiger partial charge on any atom is -0.340 e. The highest BCUT2D eigenvalue weighted by molar-refractivity contribution is 6.31. The number of benzene rings is 2. The van der Waals surface area contributed by atoms with E-state index in [9.17, 15) is 9.18 Å². The molecule has 0 aliphatic heterocycles. The smallest absolute Gasteiger partial charge is 0.274 e. The number of carbonyl (C=O) groups is 1. The van der Waals surface area contributed by atoms with Crippen molar-refractivity contribution in [1.82, 2.24) is 9.97 Å². The number of aromatic nitrogens is 2. The van der Waals surface area contributed by atoms with E-state index in [1.807, 2.05) is 6.07 Å². The standard InChI is InChI=1S/C18H11ClFN5O/c19-14-7-13(5-6-15(14)20)25-18(26)16-8-17(23-10-22-16)24-12-3-1-11(9-21)2-4-12/h1-8,10H,(H,25,26)(H,22,23,24). The van der Waals surface area contributed by atoms with Gasteiger partial charge in [-0.05, 0) is 42.5 Å². The van der Waals surface area contributed by atoms with Gasteiger partial charge in [-0.15, -0.1) is 0 Å². The molecular formula is C18H11ClFN5O. The number of hydrogen-bond acceptors (Lipinski definition) is 5. The molecule has 0 saturated carbocycles. The van der Waals surface area contributed by atoms with Crippen molar-refractivity contribution in [2.45, 2.75) is 0 Å². The highest BCUT2D eigenvalue weighted by Crippen LogP contribution is 2.20. The monoisotopic (exact) mass is 367 g/mol. The number of nitrogens with one attached hydrogen (secondary N) is 2. The van der Waals surface area contributed by atoms with Crippen LogP contribution in [0.2, 0.25) is 5.02 Å². The molecule has 0 spiro atoms. The summed E-state index contributed by atoms with van der Waals surface area (Å²) in [7, 11) is 0. The topological polar surface area (TPSA) is 90.7 Å². The molecule has 1 heterocycles. The summed E-state index contributed by atoms with van der Waals surface area (Å²) in [5, 5.41) is 14.3. The number of nitrogens with zero attached hydrogens (tertiary/aromatic N) is 3. The molecule has 1 amide bonds. The third-order valence-corrected chi connectivity index (χ3v) is 3.65. The summed E-state index contributed by atoms with van der Waals surface area (Å²) in [6.45, 7) is 0. The van der Waals surface area contributed by atoms with Crippen molar-refractivity contribution in [3.05, 3.63) is 77.0 Å². The Kier molecular flexibility index (Phi) is 5.06. The van der Waals surface area contributed by atoms with Gasteiger partial charge in [-0.3, -0.25) is 4.79 Å². The molecule has 1 aromatic heterocycles. The van der Waals surface area contributed by atoms with Crippen LogP contribution in [0.1, 0.15) is 16.1 Å². The molecule has 26 heavy (non-hydrogen) atoms. The van der Waals surface area contributed by atoms with E-state index >= 15 is 0 Å². The van der Waals surface area contributed by atoms with E-state index < -0.39 is 11.7 Å². The van der Waals surface area contributed by atoms with Gasteiger partial charge in [0.25, 0.3) is 5.91 Å². The lowest BCUT2D eigenvalue weighted by Gasteiger charge is -2.08. The van der Waals surface area contributed by atoms with Crippen LogP contribution in [0.25, 0.3) is 0 Å². The molecule has 0 aliphatic rings. The summed E-state index contributed by atoms with van der Waals surface area (Å²) in [5.74, 6) is -0.648. The van der Waals surface area contributed by atoms with E-state index in [1.165, 1.54) is 24.5 Å². The van der Waals surface area contributed by atoms with Gasteiger partial charge in [-0.2, -0.15) is 5.26 Å². The minimum atomic E-state index is -0.569. The Bertz CT molecular complexity index is 1000. The van der Waals surface area contributed by atoms with Gasteiger partial charge in [0, 0.05) is 17.4 Å². The average Bonchev–Trinajstić information content (AvgIpc) is 2.65. The van der Waals surface area contributed by atoms with Crippen LogP contribution in [0, 0.1) is 17.1 Å². The van der Waals surface area contributed by atoms with Crippen LogP contribution in [0.4, 0.5) is 21.6 Å². The molecule has 8 heteroatoms. The zero-order valence-electron chi connectivity index (χ0n) is 13.2. The fourth-order valence-electron chi connectivity index (χ4n) is 2.09. The molecule has 0 bridgehead atoms. The fourth-order valence-corrected chi connectivity index (χ4v) is 2.28. The highest BCUT2D eigenvalue weighted by atomic mass is 35.5. The summed E-state index contributed by atoms with van der Waals surface area (Å²) in [5.41, 5.74) is 1.72. The average molecular weight is 368 g/mol. The number of nitriles is 1. The molecule has 2 aromatic carbocycles. The van der Waals surface area contributed by atoms with Crippen molar-refractivity contribution in [2.75, 3.05) is 10.6 Å². The maximum atomic E-state index is 13.2. The lowest BCUT2D eigenvalue weighted by Crippen LogP contribution is -2.14. The van der Waals surface area contributed by atoms with Gasteiger partial charge in [-0.1, -0.05) is 11.6 Å². The van der Waals surface area contributed by atoms with Crippen molar-refractivity contribution >= 4 is 34.7 Å². The normalized spacial score (nSPS) is 10.0. The Morgan fingerprint density at radius 1 is 1.08 bits per heavy atom. The highest BCUT2D eigenvalue weighted by Gasteiger charge is 2.11. The van der Waals surface area contributed by atoms with Crippen molar-refractivity contribution in [3.8, 4) is 6.07 Å². The quantitative estimate of drug-likeness (QED) is 0.723. The molecule has 2 N–H and O–H groups in total. The molecular weight excluding hydrogens is 357 g/mol. The van der Waals surface area contributed by atoms with Crippen LogP contribution in [0.15, 0.2) is 54.9 Å². The Labute approximate surface area is 153 Å². The van der Waals surface area contributed by atoms with Gasteiger partial charge in [0.1, 0.15) is 23.7 Å². The second-order valence-electron chi connectivity index (χ2n) is 5.19. The minimum absolute atomic E-state index is 0.0892. The fraction of sp³-hybridized carbons (Fsp3) is 0. The van der Waals surface area contributed by atoms with Crippen LogP contribution in [-0.2, 0) is 0 Å². The van der Waals surface area contributed by atoms with Gasteiger partial charge in [0.15, 0.2) is 0 Å². The second kappa shape index (κ2) is 7.59. The van der Waals surface area contributed by atoms with Gasteiger partial charge in [-0.25, -0.2) is 14.4 Å². The molecule has 6 nitrogen and oxygen atoms in total. The number of hydrogen-bond donors (Lipinski definition) is 2. The molecule has 0 unspecified atom stereocenters. The molecule has 128 valence electrons. The molecule has 0 radical (unpaired) electrons. The third-order valence-electron chi connectivity index (χ3n) is 3.36. The van der Waals surface area contributed by atoms with Gasteiger partial charge < -0.3 is 10.6 Å². The van der Waals surface area contributed by atoms with E-state index in [0.29, 0.717) is 22.8 Å². The summed E-state index contributed by atoms with van der Waals surface area (Å²) >= 11 is 5.70. The largest absolute Gasteiger partial charge is 0.340 e. The number of carbonyl (C=O) groups excluding carboxylic acids is 1. The lowest BCUT2D eigenvalue weighted by atomic mass is 10.2. The number of rotatable bonds is 4. The van der Waals surface area contributed by atoms with E-state index in [0.717, 1.165) is 6.07 Å². The molecule has 3 rings (SSSR count). The number of amides is 1. The van der Waals surface area contributed by atoms with Crippen molar-refractivity contribution in [1.29, 1.82) is 5.26 Å². The van der Waals surface area contributed by atoms with E-state index in [1.54, 1.807) is 24.3 Å². The van der Waals surface area contributed by atoms with Crippen molar-refractivity contribution < 1.29 is 9.18 Å². The van der Waals surface area contributed by atoms with E-state index in [2.05, 4.69) is 20.6 Å². The number of anilines is 3. The van der Waals surface area contributed by atoms with Crippen LogP contribution >= 0.6 is 11.6 Å². The number of halogens is 2. The first-order valence-corrected chi connectivity index (χ1v) is 7.78.